The second-order valence-corrected chi connectivity index (χ2v) is 10.3. The molecule has 2 aliphatic rings. The van der Waals surface area contributed by atoms with E-state index in [1.165, 1.54) is 29.2 Å². The third-order valence-corrected chi connectivity index (χ3v) is 6.70. The van der Waals surface area contributed by atoms with Gasteiger partial charge in [-0.25, -0.2) is 13.2 Å². The van der Waals surface area contributed by atoms with Crippen LogP contribution < -0.4 is 4.74 Å². The van der Waals surface area contributed by atoms with Crippen LogP contribution in [-0.2, 0) is 0 Å². The fraction of sp³-hybridized carbons (Fsp3) is 0.519. The minimum Gasteiger partial charge on any atom is -0.490 e. The van der Waals surface area contributed by atoms with Gasteiger partial charge in [-0.3, -0.25) is 4.79 Å². The van der Waals surface area contributed by atoms with Crippen LogP contribution in [0.5, 0.6) is 5.75 Å². The van der Waals surface area contributed by atoms with Crippen LogP contribution in [0.2, 0.25) is 0 Å². The van der Waals surface area contributed by atoms with E-state index in [9.17, 15) is 23.1 Å². The molecule has 0 aliphatic carbocycles. The summed E-state index contributed by atoms with van der Waals surface area (Å²) < 4.78 is 49.0. The van der Waals surface area contributed by atoms with E-state index >= 15 is 0 Å². The van der Waals surface area contributed by atoms with E-state index in [1.807, 2.05) is 0 Å². The summed E-state index contributed by atoms with van der Waals surface area (Å²) in [6, 6.07) is 8.71. The highest BCUT2D eigenvalue weighted by molar-refractivity contribution is 5.95. The number of benzene rings is 2. The monoisotopic (exact) mass is 490 g/mol. The molecular formula is C27H33F3N2O3. The molecule has 2 fully saturated rings. The zero-order valence-electron chi connectivity index (χ0n) is 20.3. The molecule has 0 radical (unpaired) electrons. The van der Waals surface area contributed by atoms with Crippen LogP contribution in [0.15, 0.2) is 36.4 Å². The fourth-order valence-corrected chi connectivity index (χ4v) is 4.81. The van der Waals surface area contributed by atoms with Gasteiger partial charge >= 0.3 is 0 Å². The lowest BCUT2D eigenvalue weighted by Crippen LogP contribution is -2.41. The molecule has 2 aromatic rings. The van der Waals surface area contributed by atoms with Crippen molar-refractivity contribution >= 4 is 5.91 Å². The lowest BCUT2D eigenvalue weighted by molar-refractivity contribution is 0.0760. The number of β-amino-alcohol motifs (C(OH)–C–C–N with tert-alkyl or cyclic N) is 1. The summed E-state index contributed by atoms with van der Waals surface area (Å²) in [6.45, 7) is 6.14. The Morgan fingerprint density at radius 3 is 2.26 bits per heavy atom. The van der Waals surface area contributed by atoms with Crippen molar-refractivity contribution in [3.8, 4) is 16.9 Å². The molecule has 2 heterocycles. The van der Waals surface area contributed by atoms with Gasteiger partial charge in [-0.1, -0.05) is 12.1 Å². The van der Waals surface area contributed by atoms with Crippen LogP contribution in [0.25, 0.3) is 11.1 Å². The van der Waals surface area contributed by atoms with E-state index in [0.29, 0.717) is 37.2 Å². The Balaban J connectivity index is 1.34. The Morgan fingerprint density at radius 1 is 1.03 bits per heavy atom. The van der Waals surface area contributed by atoms with E-state index in [4.69, 9.17) is 4.74 Å². The molecule has 5 nitrogen and oxygen atoms in total. The number of aliphatic hydroxyl groups excluding tert-OH is 1. The van der Waals surface area contributed by atoms with Crippen LogP contribution in [0.1, 0.15) is 43.5 Å². The van der Waals surface area contributed by atoms with Crippen molar-refractivity contribution in [2.45, 2.75) is 44.9 Å². The van der Waals surface area contributed by atoms with Gasteiger partial charge in [-0.15, -0.1) is 0 Å². The summed E-state index contributed by atoms with van der Waals surface area (Å²) >= 11 is 0. The van der Waals surface area contributed by atoms with Crippen molar-refractivity contribution < 1.29 is 27.8 Å². The van der Waals surface area contributed by atoms with Gasteiger partial charge in [0.15, 0.2) is 11.6 Å². The van der Waals surface area contributed by atoms with E-state index < -0.39 is 29.3 Å². The van der Waals surface area contributed by atoms with E-state index in [0.717, 1.165) is 25.9 Å². The molecule has 1 amide bonds. The zero-order chi connectivity index (χ0) is 25.2. The van der Waals surface area contributed by atoms with Crippen molar-refractivity contribution in [1.82, 2.24) is 9.80 Å². The third-order valence-electron chi connectivity index (χ3n) is 6.70. The lowest BCUT2D eigenvalue weighted by Gasteiger charge is -2.34. The number of likely N-dealkylation sites (tertiary alicyclic amines) is 2. The number of piperidine rings is 1. The first-order chi connectivity index (χ1) is 16.6. The fourth-order valence-electron chi connectivity index (χ4n) is 4.81. The standard InChI is InChI=1S/C27H33F3N2O3/c1-27(2,30)17-31-10-7-18(8-11-31)16-35-25-6-4-20(14-24(25)29)19-3-5-22(23(28)13-19)26(34)32-12-9-21(33)15-32/h3-6,13-14,18,21,33H,7-12,15-17H2,1-2H3. The smallest absolute Gasteiger partial charge is 0.256 e. The average molecular weight is 491 g/mol. The van der Waals surface area contributed by atoms with Crippen LogP contribution in [0.4, 0.5) is 13.2 Å². The summed E-state index contributed by atoms with van der Waals surface area (Å²) in [5.41, 5.74) is -0.352. The molecule has 0 bridgehead atoms. The maximum absolute atomic E-state index is 14.7. The highest BCUT2D eigenvalue weighted by Crippen LogP contribution is 2.29. The Labute approximate surface area is 204 Å². The molecule has 2 aliphatic heterocycles. The number of amides is 1. The van der Waals surface area contributed by atoms with Crippen molar-refractivity contribution in [1.29, 1.82) is 0 Å². The predicted octanol–water partition coefficient (Wildman–Crippen LogP) is 4.68. The first kappa shape index (κ1) is 25.5. The number of hydrogen-bond donors (Lipinski definition) is 1. The molecule has 2 saturated heterocycles. The second-order valence-electron chi connectivity index (χ2n) is 10.3. The summed E-state index contributed by atoms with van der Waals surface area (Å²) in [4.78, 5) is 16.1. The molecule has 4 rings (SSSR count). The minimum atomic E-state index is -1.22. The number of carbonyl (C=O) groups is 1. The number of alkyl halides is 1. The summed E-state index contributed by atoms with van der Waals surface area (Å²) in [5, 5.41) is 9.62. The summed E-state index contributed by atoms with van der Waals surface area (Å²) in [7, 11) is 0. The maximum Gasteiger partial charge on any atom is 0.256 e. The predicted molar refractivity (Wildman–Crippen MR) is 128 cm³/mol. The third kappa shape index (κ3) is 6.55. The number of hydrogen-bond acceptors (Lipinski definition) is 4. The highest BCUT2D eigenvalue weighted by Gasteiger charge is 2.28. The Bertz CT molecular complexity index is 1050. The SMILES string of the molecule is CC(C)(F)CN1CCC(COc2ccc(-c3ccc(C(=O)N4CCC(O)C4)c(F)c3)cc2F)CC1. The van der Waals surface area contributed by atoms with Crippen LogP contribution in [0, 0.1) is 17.6 Å². The molecule has 0 aromatic heterocycles. The van der Waals surface area contributed by atoms with Gasteiger partial charge in [0, 0.05) is 19.6 Å². The van der Waals surface area contributed by atoms with Crippen molar-refractivity contribution in [2.24, 2.45) is 5.92 Å². The number of rotatable bonds is 7. The molecule has 35 heavy (non-hydrogen) atoms. The molecular weight excluding hydrogens is 457 g/mol. The molecule has 0 saturated carbocycles. The second kappa shape index (κ2) is 10.6. The Kier molecular flexibility index (Phi) is 7.71. The first-order valence-electron chi connectivity index (χ1n) is 12.2. The van der Waals surface area contributed by atoms with Gasteiger partial charge in [0.25, 0.3) is 5.91 Å². The topological polar surface area (TPSA) is 53.0 Å². The van der Waals surface area contributed by atoms with E-state index in [1.54, 1.807) is 26.0 Å². The van der Waals surface area contributed by atoms with Gasteiger partial charge in [0.1, 0.15) is 11.5 Å². The van der Waals surface area contributed by atoms with Gasteiger partial charge in [0.05, 0.1) is 18.3 Å². The summed E-state index contributed by atoms with van der Waals surface area (Å²) in [6.07, 6.45) is 1.65. The first-order valence-corrected chi connectivity index (χ1v) is 12.2. The summed E-state index contributed by atoms with van der Waals surface area (Å²) in [5.74, 6) is -1.26. The average Bonchev–Trinajstić information content (AvgIpc) is 3.24. The molecule has 0 spiro atoms. The molecule has 190 valence electrons. The zero-order valence-corrected chi connectivity index (χ0v) is 20.3. The van der Waals surface area contributed by atoms with Crippen molar-refractivity contribution in [2.75, 3.05) is 39.3 Å². The Hall–Kier alpha value is -2.58. The molecule has 1 N–H and O–H groups in total. The quantitative estimate of drug-likeness (QED) is 0.613. The van der Waals surface area contributed by atoms with E-state index in [2.05, 4.69) is 4.90 Å². The van der Waals surface area contributed by atoms with Crippen molar-refractivity contribution in [3.05, 3.63) is 53.6 Å². The number of aliphatic hydroxyl groups is 1. The molecule has 1 atom stereocenters. The van der Waals surface area contributed by atoms with Gasteiger partial charge in [-0.05, 0) is 87.5 Å². The number of halogens is 3. The van der Waals surface area contributed by atoms with Gasteiger partial charge in [-0.2, -0.15) is 0 Å². The van der Waals surface area contributed by atoms with Crippen molar-refractivity contribution in [3.63, 3.8) is 0 Å². The van der Waals surface area contributed by atoms with E-state index in [-0.39, 0.29) is 23.8 Å². The van der Waals surface area contributed by atoms with Gasteiger partial charge < -0.3 is 19.6 Å². The molecule has 8 heteroatoms. The minimum absolute atomic E-state index is 0.0654. The lowest BCUT2D eigenvalue weighted by atomic mass is 9.96. The normalized spacial score (nSPS) is 19.8. The van der Waals surface area contributed by atoms with Crippen LogP contribution >= 0.6 is 0 Å². The largest absolute Gasteiger partial charge is 0.490 e. The maximum atomic E-state index is 14.7. The molecule has 2 aromatic carbocycles. The number of nitrogens with zero attached hydrogens (tertiary/aromatic N) is 2. The van der Waals surface area contributed by atoms with Gasteiger partial charge in [0.2, 0.25) is 0 Å². The Morgan fingerprint density at radius 2 is 1.69 bits per heavy atom. The number of carbonyl (C=O) groups excluding carboxylic acids is 1. The molecule has 1 unspecified atom stereocenters. The van der Waals surface area contributed by atoms with Crippen LogP contribution in [0.3, 0.4) is 0 Å². The number of ether oxygens (including phenoxy) is 1. The van der Waals surface area contributed by atoms with Crippen LogP contribution in [-0.4, -0.2) is 71.9 Å². The highest BCUT2D eigenvalue weighted by atomic mass is 19.1.